The third-order valence-electron chi connectivity index (χ3n) is 4.36. The molecule has 1 aliphatic heterocycles. The Hall–Kier alpha value is -2.28. The maximum Gasteiger partial charge on any atom is 0.219 e. The number of carbonyl (C=O) groups is 1. The van der Waals surface area contributed by atoms with E-state index in [2.05, 4.69) is 46.7 Å². The van der Waals surface area contributed by atoms with Gasteiger partial charge in [-0.2, -0.15) is 0 Å². The van der Waals surface area contributed by atoms with Crippen molar-refractivity contribution in [2.45, 2.75) is 20.4 Å². The van der Waals surface area contributed by atoms with E-state index in [-0.39, 0.29) is 5.91 Å². The Morgan fingerprint density at radius 3 is 2.38 bits per heavy atom. The van der Waals surface area contributed by atoms with Crippen LogP contribution in [-0.4, -0.2) is 74.7 Å². The van der Waals surface area contributed by atoms with Crippen LogP contribution in [-0.2, 0) is 16.1 Å². The first kappa shape index (κ1) is 20.0. The van der Waals surface area contributed by atoms with E-state index in [0.717, 1.165) is 50.9 Å². The van der Waals surface area contributed by atoms with Crippen molar-refractivity contribution in [1.29, 1.82) is 0 Å². The van der Waals surface area contributed by atoms with E-state index in [1.54, 1.807) is 14.0 Å². The van der Waals surface area contributed by atoms with E-state index in [1.807, 2.05) is 4.90 Å². The van der Waals surface area contributed by atoms with E-state index < -0.39 is 0 Å². The Kier molecular flexibility index (Phi) is 8.21. The molecule has 1 amide bonds. The summed E-state index contributed by atoms with van der Waals surface area (Å²) in [4.78, 5) is 20.4. The average molecular weight is 361 g/mol. The molecule has 0 radical (unpaired) electrons. The highest BCUT2D eigenvalue weighted by molar-refractivity contribution is 5.80. The number of nitrogens with one attached hydrogen (secondary N) is 2. The number of nitrogens with zero attached hydrogens (tertiary/aromatic N) is 3. The predicted molar refractivity (Wildman–Crippen MR) is 105 cm³/mol. The summed E-state index contributed by atoms with van der Waals surface area (Å²) in [7, 11) is 1.70. The lowest BCUT2D eigenvalue weighted by Gasteiger charge is -2.36. The van der Waals surface area contributed by atoms with Crippen molar-refractivity contribution in [3.05, 3.63) is 29.8 Å². The number of benzene rings is 1. The fraction of sp³-hybridized carbons (Fsp3) is 0.579. The van der Waals surface area contributed by atoms with Gasteiger partial charge in [0.1, 0.15) is 0 Å². The van der Waals surface area contributed by atoms with Crippen molar-refractivity contribution in [3.63, 3.8) is 0 Å². The number of anilines is 1. The number of amides is 1. The number of methoxy groups -OCH3 is 1. The molecule has 1 heterocycles. The molecule has 7 heteroatoms. The smallest absolute Gasteiger partial charge is 0.219 e. The molecule has 0 aliphatic carbocycles. The van der Waals surface area contributed by atoms with Gasteiger partial charge in [0, 0.05) is 59.0 Å². The molecule has 1 aromatic carbocycles. The maximum atomic E-state index is 11.5. The van der Waals surface area contributed by atoms with E-state index >= 15 is 0 Å². The first-order valence-corrected chi connectivity index (χ1v) is 9.24. The molecule has 1 aliphatic rings. The largest absolute Gasteiger partial charge is 0.383 e. The zero-order chi connectivity index (χ0) is 18.8. The topological polar surface area (TPSA) is 69.2 Å². The van der Waals surface area contributed by atoms with Crippen LogP contribution in [0, 0.1) is 0 Å². The van der Waals surface area contributed by atoms with Crippen LogP contribution in [0.2, 0.25) is 0 Å². The molecule has 0 atom stereocenters. The molecular formula is C19H31N5O2. The van der Waals surface area contributed by atoms with Gasteiger partial charge in [0.05, 0.1) is 13.2 Å². The highest BCUT2D eigenvalue weighted by Gasteiger charge is 2.20. The van der Waals surface area contributed by atoms with Crippen LogP contribution in [0.15, 0.2) is 29.3 Å². The molecule has 2 N–H and O–H groups in total. The van der Waals surface area contributed by atoms with E-state index in [4.69, 9.17) is 9.73 Å². The number of carbonyl (C=O) groups excluding carboxylic acids is 1. The van der Waals surface area contributed by atoms with Gasteiger partial charge in [-0.25, -0.2) is 4.99 Å². The van der Waals surface area contributed by atoms with Crippen LogP contribution in [0.1, 0.15) is 19.4 Å². The summed E-state index contributed by atoms with van der Waals surface area (Å²) < 4.78 is 5.04. The number of aliphatic imine (C=N–C) groups is 1. The van der Waals surface area contributed by atoms with Crippen molar-refractivity contribution >= 4 is 17.6 Å². The minimum atomic E-state index is 0.144. The second-order valence-corrected chi connectivity index (χ2v) is 6.28. The molecule has 2 rings (SSSR count). The molecule has 0 aromatic heterocycles. The molecule has 0 saturated carbocycles. The number of hydrogen-bond donors (Lipinski definition) is 2. The van der Waals surface area contributed by atoms with Gasteiger partial charge in [0.15, 0.2) is 5.96 Å². The van der Waals surface area contributed by atoms with Crippen molar-refractivity contribution in [3.8, 4) is 0 Å². The van der Waals surface area contributed by atoms with Crippen LogP contribution >= 0.6 is 0 Å². The van der Waals surface area contributed by atoms with E-state index in [1.165, 1.54) is 5.56 Å². The number of guanidine groups is 1. The fourth-order valence-corrected chi connectivity index (χ4v) is 2.85. The molecular weight excluding hydrogens is 330 g/mol. The van der Waals surface area contributed by atoms with Gasteiger partial charge < -0.3 is 25.2 Å². The third kappa shape index (κ3) is 6.22. The van der Waals surface area contributed by atoms with Crippen molar-refractivity contribution in [2.24, 2.45) is 4.99 Å². The Labute approximate surface area is 156 Å². The summed E-state index contributed by atoms with van der Waals surface area (Å²) in [6.45, 7) is 9.77. The van der Waals surface area contributed by atoms with Crippen molar-refractivity contribution in [1.82, 2.24) is 15.1 Å². The molecule has 1 fully saturated rings. The first-order valence-electron chi connectivity index (χ1n) is 9.24. The summed E-state index contributed by atoms with van der Waals surface area (Å²) >= 11 is 0. The first-order chi connectivity index (χ1) is 12.6. The lowest BCUT2D eigenvalue weighted by atomic mass is 10.2. The molecule has 0 spiro atoms. The number of piperazine rings is 1. The fourth-order valence-electron chi connectivity index (χ4n) is 2.85. The Balaban J connectivity index is 1.91. The summed E-state index contributed by atoms with van der Waals surface area (Å²) in [5, 5.41) is 6.67. The third-order valence-corrected chi connectivity index (χ3v) is 4.36. The Morgan fingerprint density at radius 1 is 1.15 bits per heavy atom. The zero-order valence-corrected chi connectivity index (χ0v) is 16.1. The van der Waals surface area contributed by atoms with Crippen LogP contribution < -0.4 is 10.6 Å². The van der Waals surface area contributed by atoms with E-state index in [0.29, 0.717) is 13.2 Å². The SMILES string of the molecule is CCNC(=NCc1ccc(NCCOC)cc1)N1CCN(C(C)=O)CC1. The monoisotopic (exact) mass is 361 g/mol. The number of hydrogen-bond acceptors (Lipinski definition) is 4. The van der Waals surface area contributed by atoms with Crippen LogP contribution in [0.5, 0.6) is 0 Å². The molecule has 1 aromatic rings. The second kappa shape index (κ2) is 10.7. The van der Waals surface area contributed by atoms with Crippen molar-refractivity contribution < 1.29 is 9.53 Å². The summed E-state index contributed by atoms with van der Waals surface area (Å²) in [5.41, 5.74) is 2.25. The van der Waals surface area contributed by atoms with Gasteiger partial charge in [-0.3, -0.25) is 4.79 Å². The summed E-state index contributed by atoms with van der Waals surface area (Å²) in [6, 6.07) is 8.32. The standard InChI is InChI=1S/C19H31N5O2/c1-4-20-19(24-12-10-23(11-13-24)16(2)25)22-15-17-5-7-18(8-6-17)21-9-14-26-3/h5-8,21H,4,9-15H2,1-3H3,(H,20,22). The summed E-state index contributed by atoms with van der Waals surface area (Å²) in [5.74, 6) is 1.06. The molecule has 1 saturated heterocycles. The van der Waals surface area contributed by atoms with E-state index in [9.17, 15) is 4.79 Å². The van der Waals surface area contributed by atoms with Crippen molar-refractivity contribution in [2.75, 3.05) is 58.3 Å². The molecule has 0 unspecified atom stereocenters. The normalized spacial score (nSPS) is 15.1. The average Bonchev–Trinajstić information content (AvgIpc) is 2.66. The quantitative estimate of drug-likeness (QED) is 0.436. The predicted octanol–water partition coefficient (Wildman–Crippen LogP) is 1.37. The van der Waals surface area contributed by atoms with Gasteiger partial charge in [-0.1, -0.05) is 12.1 Å². The number of rotatable bonds is 7. The van der Waals surface area contributed by atoms with Crippen LogP contribution in [0.25, 0.3) is 0 Å². The minimum Gasteiger partial charge on any atom is -0.383 e. The van der Waals surface area contributed by atoms with Gasteiger partial charge >= 0.3 is 0 Å². The lowest BCUT2D eigenvalue weighted by Crippen LogP contribution is -2.53. The number of ether oxygens (including phenoxy) is 1. The molecule has 26 heavy (non-hydrogen) atoms. The van der Waals surface area contributed by atoms with Gasteiger partial charge in [-0.15, -0.1) is 0 Å². The lowest BCUT2D eigenvalue weighted by molar-refractivity contribution is -0.130. The Morgan fingerprint density at radius 2 is 1.81 bits per heavy atom. The van der Waals surface area contributed by atoms with Gasteiger partial charge in [0.25, 0.3) is 0 Å². The minimum absolute atomic E-state index is 0.144. The van der Waals surface area contributed by atoms with Gasteiger partial charge in [-0.05, 0) is 24.6 Å². The zero-order valence-electron chi connectivity index (χ0n) is 16.1. The maximum absolute atomic E-state index is 11.5. The van der Waals surface area contributed by atoms with Gasteiger partial charge in [0.2, 0.25) is 5.91 Å². The summed E-state index contributed by atoms with van der Waals surface area (Å²) in [6.07, 6.45) is 0. The van der Waals surface area contributed by atoms with Crippen LogP contribution in [0.4, 0.5) is 5.69 Å². The molecule has 7 nitrogen and oxygen atoms in total. The molecule has 144 valence electrons. The Bertz CT molecular complexity index is 580. The highest BCUT2D eigenvalue weighted by Crippen LogP contribution is 2.11. The molecule has 0 bridgehead atoms. The second-order valence-electron chi connectivity index (χ2n) is 6.28. The van der Waals surface area contributed by atoms with Crippen LogP contribution in [0.3, 0.4) is 0 Å². The highest BCUT2D eigenvalue weighted by atomic mass is 16.5.